The van der Waals surface area contributed by atoms with Crippen molar-refractivity contribution in [3.05, 3.63) is 35.0 Å². The van der Waals surface area contributed by atoms with E-state index in [0.29, 0.717) is 17.4 Å². The van der Waals surface area contributed by atoms with Gasteiger partial charge in [0.1, 0.15) is 22.7 Å². The van der Waals surface area contributed by atoms with E-state index in [1.165, 1.54) is 23.8 Å². The zero-order valence-corrected chi connectivity index (χ0v) is 16.4. The number of amides is 1. The average Bonchev–Trinajstić information content (AvgIpc) is 3.00. The third-order valence-electron chi connectivity index (χ3n) is 4.86. The van der Waals surface area contributed by atoms with Crippen LogP contribution in [-0.4, -0.2) is 23.0 Å². The summed E-state index contributed by atoms with van der Waals surface area (Å²) in [6.45, 7) is 3.79. The molecular weight excluding hydrogens is 360 g/mol. The standard InChI is InChI=1S/C20H22N4O2S/c1-11-4-6-14-17(8-11)27-20-18(14)19(21-10-22-20)24-15-9-13(23-12(2)25)5-7-16(15)26-3/h5,7,9-11H,4,6,8H2,1-3H3,(H,23,25)(H,21,22,24)/t11-/m0/s1. The van der Waals surface area contributed by atoms with Gasteiger partial charge in [0.2, 0.25) is 5.91 Å². The highest BCUT2D eigenvalue weighted by Crippen LogP contribution is 2.41. The predicted octanol–water partition coefficient (Wildman–Crippen LogP) is 4.53. The normalized spacial score (nSPS) is 16.0. The van der Waals surface area contributed by atoms with Crippen molar-refractivity contribution in [2.75, 3.05) is 17.7 Å². The van der Waals surface area contributed by atoms with Crippen LogP contribution in [0.15, 0.2) is 24.5 Å². The van der Waals surface area contributed by atoms with Crippen LogP contribution in [0.5, 0.6) is 5.75 Å². The van der Waals surface area contributed by atoms with Gasteiger partial charge in [-0.1, -0.05) is 6.92 Å². The number of nitrogens with one attached hydrogen (secondary N) is 2. The maximum Gasteiger partial charge on any atom is 0.221 e. The minimum absolute atomic E-state index is 0.114. The molecule has 0 spiro atoms. The SMILES string of the molecule is COc1ccc(NC(C)=O)cc1Nc1ncnc2sc3c(c12)CC[C@H](C)C3. The maximum absolute atomic E-state index is 11.4. The second kappa shape index (κ2) is 7.15. The molecule has 4 rings (SSSR count). The summed E-state index contributed by atoms with van der Waals surface area (Å²) in [7, 11) is 1.63. The van der Waals surface area contributed by atoms with Crippen molar-refractivity contribution in [1.82, 2.24) is 9.97 Å². The molecule has 0 unspecified atom stereocenters. The smallest absolute Gasteiger partial charge is 0.221 e. The molecule has 140 valence electrons. The van der Waals surface area contributed by atoms with E-state index in [2.05, 4.69) is 27.5 Å². The van der Waals surface area contributed by atoms with Gasteiger partial charge >= 0.3 is 0 Å². The Hall–Kier alpha value is -2.67. The van der Waals surface area contributed by atoms with Crippen LogP contribution >= 0.6 is 11.3 Å². The third-order valence-corrected chi connectivity index (χ3v) is 6.03. The number of aryl methyl sites for hydroxylation is 1. The Bertz CT molecular complexity index is 1010. The summed E-state index contributed by atoms with van der Waals surface area (Å²) in [5.74, 6) is 2.07. The lowest BCUT2D eigenvalue weighted by molar-refractivity contribution is -0.114. The fourth-order valence-corrected chi connectivity index (χ4v) is 4.93. The Morgan fingerprint density at radius 2 is 2.19 bits per heavy atom. The number of hydrogen-bond donors (Lipinski definition) is 2. The zero-order valence-electron chi connectivity index (χ0n) is 15.6. The van der Waals surface area contributed by atoms with Crippen molar-refractivity contribution >= 4 is 44.7 Å². The fraction of sp³-hybridized carbons (Fsp3) is 0.350. The van der Waals surface area contributed by atoms with Crippen LogP contribution in [0.3, 0.4) is 0 Å². The van der Waals surface area contributed by atoms with Crippen LogP contribution in [0, 0.1) is 5.92 Å². The maximum atomic E-state index is 11.4. The van der Waals surface area contributed by atoms with E-state index in [0.717, 1.165) is 34.6 Å². The highest BCUT2D eigenvalue weighted by Gasteiger charge is 2.23. The first kappa shape index (κ1) is 17.7. The lowest BCUT2D eigenvalue weighted by Gasteiger charge is -2.18. The second-order valence-corrected chi connectivity index (χ2v) is 8.06. The highest BCUT2D eigenvalue weighted by molar-refractivity contribution is 7.19. The van der Waals surface area contributed by atoms with Crippen LogP contribution < -0.4 is 15.4 Å². The highest BCUT2D eigenvalue weighted by atomic mass is 32.1. The molecule has 1 atom stereocenters. The van der Waals surface area contributed by atoms with Gasteiger partial charge in [0.15, 0.2) is 0 Å². The number of ether oxygens (including phenoxy) is 1. The zero-order chi connectivity index (χ0) is 19.0. The molecule has 27 heavy (non-hydrogen) atoms. The number of nitrogens with zero attached hydrogens (tertiary/aromatic N) is 2. The first-order valence-electron chi connectivity index (χ1n) is 9.03. The molecule has 0 radical (unpaired) electrons. The van der Waals surface area contributed by atoms with Gasteiger partial charge in [0, 0.05) is 17.5 Å². The second-order valence-electron chi connectivity index (χ2n) is 6.98. The molecular formula is C20H22N4O2S. The van der Waals surface area contributed by atoms with E-state index in [1.54, 1.807) is 24.8 Å². The molecule has 0 saturated carbocycles. The lowest BCUT2D eigenvalue weighted by Crippen LogP contribution is -2.09. The number of carbonyl (C=O) groups is 1. The molecule has 2 aromatic heterocycles. The van der Waals surface area contributed by atoms with Gasteiger partial charge < -0.3 is 15.4 Å². The lowest BCUT2D eigenvalue weighted by atomic mass is 9.89. The molecule has 1 aliphatic rings. The van der Waals surface area contributed by atoms with E-state index >= 15 is 0 Å². The minimum Gasteiger partial charge on any atom is -0.495 e. The van der Waals surface area contributed by atoms with Crippen LogP contribution in [0.4, 0.5) is 17.2 Å². The van der Waals surface area contributed by atoms with E-state index < -0.39 is 0 Å². The number of methoxy groups -OCH3 is 1. The van der Waals surface area contributed by atoms with E-state index in [4.69, 9.17) is 4.74 Å². The summed E-state index contributed by atoms with van der Waals surface area (Å²) in [6, 6.07) is 5.50. The number of thiophene rings is 1. The fourth-order valence-electron chi connectivity index (χ4n) is 3.58. The molecule has 0 fully saturated rings. The van der Waals surface area contributed by atoms with Crippen molar-refractivity contribution in [3.63, 3.8) is 0 Å². The summed E-state index contributed by atoms with van der Waals surface area (Å²) in [5, 5.41) is 7.32. The van der Waals surface area contributed by atoms with Crippen LogP contribution in [0.1, 0.15) is 30.7 Å². The van der Waals surface area contributed by atoms with Gasteiger partial charge in [-0.25, -0.2) is 9.97 Å². The van der Waals surface area contributed by atoms with Crippen molar-refractivity contribution in [2.24, 2.45) is 5.92 Å². The van der Waals surface area contributed by atoms with Gasteiger partial charge in [-0.15, -0.1) is 11.3 Å². The molecule has 1 amide bonds. The molecule has 3 aromatic rings. The molecule has 6 nitrogen and oxygen atoms in total. The molecule has 0 aliphatic heterocycles. The molecule has 2 heterocycles. The Balaban J connectivity index is 1.77. The molecule has 7 heteroatoms. The van der Waals surface area contributed by atoms with Gasteiger partial charge in [0.25, 0.3) is 0 Å². The topological polar surface area (TPSA) is 76.1 Å². The van der Waals surface area contributed by atoms with E-state index in [9.17, 15) is 4.79 Å². The number of rotatable bonds is 4. The molecule has 1 aromatic carbocycles. The first-order chi connectivity index (χ1) is 13.0. The van der Waals surface area contributed by atoms with Crippen LogP contribution in [0.25, 0.3) is 10.2 Å². The summed E-state index contributed by atoms with van der Waals surface area (Å²) in [5.41, 5.74) is 2.83. The number of anilines is 3. The summed E-state index contributed by atoms with van der Waals surface area (Å²) in [6.07, 6.45) is 4.95. The molecule has 1 aliphatic carbocycles. The third kappa shape index (κ3) is 3.47. The Morgan fingerprint density at radius 1 is 1.33 bits per heavy atom. The van der Waals surface area contributed by atoms with Crippen LogP contribution in [0.2, 0.25) is 0 Å². The summed E-state index contributed by atoms with van der Waals surface area (Å²) in [4.78, 5) is 22.8. The Labute approximate surface area is 162 Å². The first-order valence-corrected chi connectivity index (χ1v) is 9.84. The average molecular weight is 382 g/mol. The summed E-state index contributed by atoms with van der Waals surface area (Å²) < 4.78 is 5.48. The number of hydrogen-bond acceptors (Lipinski definition) is 6. The van der Waals surface area contributed by atoms with Crippen LogP contribution in [-0.2, 0) is 17.6 Å². The van der Waals surface area contributed by atoms with Crippen molar-refractivity contribution in [2.45, 2.75) is 33.1 Å². The number of aromatic nitrogens is 2. The largest absolute Gasteiger partial charge is 0.495 e. The monoisotopic (exact) mass is 382 g/mol. The van der Waals surface area contributed by atoms with E-state index in [1.807, 2.05) is 18.2 Å². The quantitative estimate of drug-likeness (QED) is 0.693. The molecule has 0 bridgehead atoms. The number of carbonyl (C=O) groups excluding carboxylic acids is 1. The van der Waals surface area contributed by atoms with Crippen molar-refractivity contribution < 1.29 is 9.53 Å². The molecule has 2 N–H and O–H groups in total. The minimum atomic E-state index is -0.114. The molecule has 0 saturated heterocycles. The number of fused-ring (bicyclic) bond motifs is 3. The number of benzene rings is 1. The van der Waals surface area contributed by atoms with Crippen molar-refractivity contribution in [3.8, 4) is 5.75 Å². The van der Waals surface area contributed by atoms with Gasteiger partial charge in [0.05, 0.1) is 18.2 Å². The predicted molar refractivity (Wildman–Crippen MR) is 109 cm³/mol. The Morgan fingerprint density at radius 3 is 2.96 bits per heavy atom. The van der Waals surface area contributed by atoms with Gasteiger partial charge in [-0.3, -0.25) is 4.79 Å². The Kier molecular flexibility index (Phi) is 4.70. The van der Waals surface area contributed by atoms with E-state index in [-0.39, 0.29) is 5.91 Å². The van der Waals surface area contributed by atoms with Gasteiger partial charge in [-0.05, 0) is 48.9 Å². The van der Waals surface area contributed by atoms with Crippen molar-refractivity contribution in [1.29, 1.82) is 0 Å². The summed E-state index contributed by atoms with van der Waals surface area (Å²) >= 11 is 1.77. The van der Waals surface area contributed by atoms with Gasteiger partial charge in [-0.2, -0.15) is 0 Å².